The Bertz CT molecular complexity index is 802. The largest absolute Gasteiger partial charge is 0.545 e. The summed E-state index contributed by atoms with van der Waals surface area (Å²) in [6, 6.07) is 2.98. The molecule has 0 unspecified atom stereocenters. The van der Waals surface area contributed by atoms with Crippen LogP contribution in [0.3, 0.4) is 0 Å². The molecule has 134 valence electrons. The first-order valence-electron chi connectivity index (χ1n) is 7.26. The molecule has 25 heavy (non-hydrogen) atoms. The summed E-state index contributed by atoms with van der Waals surface area (Å²) >= 11 is 1.18. The number of amides is 1. The number of methoxy groups -OCH3 is 3. The molecule has 7 nitrogen and oxygen atoms in total. The van der Waals surface area contributed by atoms with E-state index in [-0.39, 0.29) is 16.1 Å². The smallest absolute Gasteiger partial charge is 0.256 e. The van der Waals surface area contributed by atoms with Crippen molar-refractivity contribution < 1.29 is 28.9 Å². The Morgan fingerprint density at radius 1 is 1.04 bits per heavy atom. The standard InChI is InChI=1S/C17H19NO6S/c1-8-9(2)25-16(13(8)17(20)21)18-15(19)10-6-11(22-3)14(24-5)12(7-10)23-4/h6-7H,1-5H3,(H,18,19)(H,20,21)/p-1. The van der Waals surface area contributed by atoms with E-state index < -0.39 is 11.9 Å². The molecule has 0 atom stereocenters. The number of ether oxygens (including phenoxy) is 3. The normalized spacial score (nSPS) is 10.3. The molecule has 0 saturated carbocycles. The lowest BCUT2D eigenvalue weighted by molar-refractivity contribution is -0.254. The van der Waals surface area contributed by atoms with Crippen LogP contribution in [-0.2, 0) is 0 Å². The van der Waals surface area contributed by atoms with Gasteiger partial charge in [-0.25, -0.2) is 0 Å². The molecule has 0 aliphatic heterocycles. The molecule has 0 saturated heterocycles. The molecule has 0 bridgehead atoms. The van der Waals surface area contributed by atoms with E-state index >= 15 is 0 Å². The number of thiophene rings is 1. The van der Waals surface area contributed by atoms with Gasteiger partial charge < -0.3 is 29.4 Å². The van der Waals surface area contributed by atoms with Gasteiger partial charge in [-0.2, -0.15) is 0 Å². The summed E-state index contributed by atoms with van der Waals surface area (Å²) in [7, 11) is 4.35. The van der Waals surface area contributed by atoms with Gasteiger partial charge >= 0.3 is 0 Å². The van der Waals surface area contributed by atoms with E-state index in [1.807, 2.05) is 0 Å². The number of nitrogens with one attached hydrogen (secondary N) is 1. The van der Waals surface area contributed by atoms with Crippen LogP contribution in [0.2, 0.25) is 0 Å². The fraction of sp³-hybridized carbons (Fsp3) is 0.294. The van der Waals surface area contributed by atoms with Gasteiger partial charge in [0.2, 0.25) is 5.75 Å². The molecule has 0 spiro atoms. The van der Waals surface area contributed by atoms with E-state index in [1.165, 1.54) is 44.8 Å². The monoisotopic (exact) mass is 364 g/mol. The van der Waals surface area contributed by atoms with Crippen LogP contribution in [0.15, 0.2) is 12.1 Å². The SMILES string of the molecule is COc1cc(C(=O)Nc2sc(C)c(C)c2C(=O)[O-])cc(OC)c1OC. The van der Waals surface area contributed by atoms with Crippen LogP contribution >= 0.6 is 11.3 Å². The number of aryl methyl sites for hydroxylation is 1. The zero-order chi connectivity index (χ0) is 18.7. The molecular weight excluding hydrogens is 346 g/mol. The molecule has 0 aliphatic rings. The molecular formula is C17H18NO6S-. The number of anilines is 1. The van der Waals surface area contributed by atoms with E-state index in [9.17, 15) is 14.7 Å². The third kappa shape index (κ3) is 3.53. The average Bonchev–Trinajstić information content (AvgIpc) is 2.87. The molecule has 0 aliphatic carbocycles. The zero-order valence-corrected chi connectivity index (χ0v) is 15.3. The second-order valence-corrected chi connectivity index (χ2v) is 6.37. The van der Waals surface area contributed by atoms with E-state index in [2.05, 4.69) is 5.32 Å². The summed E-state index contributed by atoms with van der Waals surface area (Å²) < 4.78 is 15.7. The average molecular weight is 364 g/mol. The minimum atomic E-state index is -1.33. The number of benzene rings is 1. The predicted molar refractivity (Wildman–Crippen MR) is 92.2 cm³/mol. The lowest BCUT2D eigenvalue weighted by Gasteiger charge is -2.14. The lowest BCUT2D eigenvalue weighted by Crippen LogP contribution is -2.24. The second-order valence-electron chi connectivity index (χ2n) is 5.14. The molecule has 0 fully saturated rings. The lowest BCUT2D eigenvalue weighted by atomic mass is 10.1. The van der Waals surface area contributed by atoms with Gasteiger partial charge in [0.15, 0.2) is 11.5 Å². The summed E-state index contributed by atoms with van der Waals surface area (Å²) in [4.78, 5) is 24.7. The number of carboxylic acid groups (broad SMARTS) is 1. The highest BCUT2D eigenvalue weighted by molar-refractivity contribution is 7.16. The molecule has 1 heterocycles. The van der Waals surface area contributed by atoms with Crippen molar-refractivity contribution in [2.45, 2.75) is 13.8 Å². The van der Waals surface area contributed by atoms with Crippen molar-refractivity contribution >= 4 is 28.2 Å². The van der Waals surface area contributed by atoms with Crippen molar-refractivity contribution in [3.05, 3.63) is 33.7 Å². The number of aromatic carboxylic acids is 1. The Morgan fingerprint density at radius 3 is 2.04 bits per heavy atom. The fourth-order valence-electron chi connectivity index (χ4n) is 2.35. The van der Waals surface area contributed by atoms with Gasteiger partial charge in [0.25, 0.3) is 5.91 Å². The first-order valence-corrected chi connectivity index (χ1v) is 8.08. The van der Waals surface area contributed by atoms with Gasteiger partial charge in [-0.15, -0.1) is 11.3 Å². The summed E-state index contributed by atoms with van der Waals surface area (Å²) in [6.45, 7) is 3.45. The summed E-state index contributed by atoms with van der Waals surface area (Å²) in [6.07, 6.45) is 0. The second kappa shape index (κ2) is 7.43. The van der Waals surface area contributed by atoms with Crippen molar-refractivity contribution in [3.8, 4) is 17.2 Å². The van der Waals surface area contributed by atoms with Crippen molar-refractivity contribution in [1.82, 2.24) is 0 Å². The van der Waals surface area contributed by atoms with E-state index in [4.69, 9.17) is 14.2 Å². The van der Waals surface area contributed by atoms with Gasteiger partial charge in [-0.05, 0) is 31.5 Å². The maximum Gasteiger partial charge on any atom is 0.256 e. The minimum absolute atomic E-state index is 0.0108. The van der Waals surface area contributed by atoms with Crippen LogP contribution < -0.4 is 24.6 Å². The summed E-state index contributed by atoms with van der Waals surface area (Å²) in [5.41, 5.74) is 0.802. The highest BCUT2D eigenvalue weighted by atomic mass is 32.1. The van der Waals surface area contributed by atoms with Crippen molar-refractivity contribution in [2.75, 3.05) is 26.6 Å². The summed E-state index contributed by atoms with van der Waals surface area (Å²) in [5.74, 6) is -0.818. The molecule has 8 heteroatoms. The quantitative estimate of drug-likeness (QED) is 0.842. The van der Waals surface area contributed by atoms with Gasteiger partial charge in [0, 0.05) is 16.0 Å². The van der Waals surface area contributed by atoms with Crippen LogP contribution in [-0.4, -0.2) is 33.2 Å². The minimum Gasteiger partial charge on any atom is -0.545 e. The van der Waals surface area contributed by atoms with Crippen LogP contribution in [0, 0.1) is 13.8 Å². The van der Waals surface area contributed by atoms with Crippen LogP contribution in [0.5, 0.6) is 17.2 Å². The number of rotatable bonds is 6. The maximum atomic E-state index is 12.6. The van der Waals surface area contributed by atoms with Crippen molar-refractivity contribution in [2.24, 2.45) is 0 Å². The number of carbonyl (C=O) groups excluding carboxylic acids is 2. The Balaban J connectivity index is 2.43. The van der Waals surface area contributed by atoms with E-state index in [0.717, 1.165) is 4.88 Å². The Hall–Kier alpha value is -2.74. The third-order valence-electron chi connectivity index (χ3n) is 3.74. The fourth-order valence-corrected chi connectivity index (χ4v) is 3.39. The molecule has 0 radical (unpaired) electrons. The van der Waals surface area contributed by atoms with Gasteiger partial charge in [0.1, 0.15) is 5.00 Å². The van der Waals surface area contributed by atoms with Gasteiger partial charge in [-0.1, -0.05) is 0 Å². The zero-order valence-electron chi connectivity index (χ0n) is 14.5. The van der Waals surface area contributed by atoms with Crippen LogP contribution in [0.25, 0.3) is 0 Å². The highest BCUT2D eigenvalue weighted by Gasteiger charge is 2.20. The first-order chi connectivity index (χ1) is 11.8. The van der Waals surface area contributed by atoms with Crippen molar-refractivity contribution in [3.63, 3.8) is 0 Å². The maximum absolute atomic E-state index is 12.6. The first kappa shape index (κ1) is 18.6. The molecule has 1 N–H and O–H groups in total. The molecule has 1 amide bonds. The molecule has 1 aromatic carbocycles. The van der Waals surface area contributed by atoms with E-state index in [0.29, 0.717) is 22.8 Å². The molecule has 2 rings (SSSR count). The van der Waals surface area contributed by atoms with Gasteiger partial charge in [0.05, 0.1) is 27.3 Å². The predicted octanol–water partition coefficient (Wildman–Crippen LogP) is 2.01. The van der Waals surface area contributed by atoms with E-state index in [1.54, 1.807) is 13.8 Å². The summed E-state index contributed by atoms with van der Waals surface area (Å²) in [5, 5.41) is 14.2. The van der Waals surface area contributed by atoms with Crippen molar-refractivity contribution in [1.29, 1.82) is 0 Å². The Morgan fingerprint density at radius 2 is 1.60 bits per heavy atom. The third-order valence-corrected chi connectivity index (χ3v) is 4.87. The number of carboxylic acids is 1. The van der Waals surface area contributed by atoms with Crippen LogP contribution in [0.1, 0.15) is 31.2 Å². The number of hydrogen-bond donors (Lipinski definition) is 1. The highest BCUT2D eigenvalue weighted by Crippen LogP contribution is 2.39. The molecule has 2 aromatic rings. The molecule has 1 aromatic heterocycles. The topological polar surface area (TPSA) is 96.9 Å². The number of hydrogen-bond acceptors (Lipinski definition) is 7. The Labute approximate surface area is 149 Å². The Kier molecular flexibility index (Phi) is 5.53. The van der Waals surface area contributed by atoms with Gasteiger partial charge in [-0.3, -0.25) is 4.79 Å². The van der Waals surface area contributed by atoms with Crippen LogP contribution in [0.4, 0.5) is 5.00 Å². The number of carbonyl (C=O) groups is 2.